The van der Waals surface area contributed by atoms with Gasteiger partial charge in [0.1, 0.15) is 24.3 Å². The third kappa shape index (κ3) is 2.70. The maximum Gasteiger partial charge on any atom is 0.216 e. The summed E-state index contributed by atoms with van der Waals surface area (Å²) < 4.78 is 37.0. The van der Waals surface area contributed by atoms with Crippen LogP contribution in [0, 0.1) is 32.4 Å². The van der Waals surface area contributed by atoms with Crippen molar-refractivity contribution in [2.24, 2.45) is 7.05 Å². The number of nitrogens with zero attached hydrogens (tertiary/aromatic N) is 1. The molecule has 0 aliphatic carbocycles. The van der Waals surface area contributed by atoms with Crippen LogP contribution in [-0.2, 0) is 7.05 Å². The van der Waals surface area contributed by atoms with E-state index in [1.807, 2.05) is 18.5 Å². The minimum atomic E-state index is -0.384. The maximum absolute atomic E-state index is 15.0. The first-order valence-corrected chi connectivity index (χ1v) is 9.51. The molecule has 0 fully saturated rings. The number of hydrogen-bond acceptors (Lipinski definition) is 1. The van der Waals surface area contributed by atoms with Crippen LogP contribution in [0.5, 0.6) is 0 Å². The highest BCUT2D eigenvalue weighted by Gasteiger charge is 2.25. The highest BCUT2D eigenvalue weighted by Crippen LogP contribution is 2.40. The van der Waals surface area contributed by atoms with Gasteiger partial charge in [0, 0.05) is 23.1 Å². The van der Waals surface area contributed by atoms with Gasteiger partial charge in [-0.3, -0.25) is 0 Å². The number of aryl methyl sites for hydroxylation is 4. The predicted molar refractivity (Wildman–Crippen MR) is 109 cm³/mol. The largest absolute Gasteiger partial charge is 0.455 e. The van der Waals surface area contributed by atoms with E-state index in [1.165, 1.54) is 23.3 Å². The topological polar surface area (TPSA) is 17.0 Å². The zero-order valence-corrected chi connectivity index (χ0v) is 17.1. The average molecular weight is 380 g/mol. The number of hydrogen-bond donors (Lipinski definition) is 0. The molecule has 2 heterocycles. The minimum Gasteiger partial charge on any atom is -0.455 e. The molecule has 2 nitrogen and oxygen atoms in total. The lowest BCUT2D eigenvalue weighted by Crippen LogP contribution is -2.32. The number of furan rings is 1. The summed E-state index contributed by atoms with van der Waals surface area (Å²) >= 11 is 0. The van der Waals surface area contributed by atoms with Crippen molar-refractivity contribution in [3.8, 4) is 11.3 Å². The molecule has 0 radical (unpaired) electrons. The van der Waals surface area contributed by atoms with Gasteiger partial charge in [0.25, 0.3) is 0 Å². The summed E-state index contributed by atoms with van der Waals surface area (Å²) in [6.45, 7) is 10.1. The number of pyridine rings is 1. The Morgan fingerprint density at radius 1 is 0.893 bits per heavy atom. The molecule has 0 aliphatic rings. The Morgan fingerprint density at radius 2 is 1.61 bits per heavy atom. The van der Waals surface area contributed by atoms with E-state index < -0.39 is 0 Å². The second-order valence-corrected chi connectivity index (χ2v) is 8.01. The van der Waals surface area contributed by atoms with Gasteiger partial charge in [0.2, 0.25) is 5.69 Å². The molecule has 4 heteroatoms. The van der Waals surface area contributed by atoms with Crippen LogP contribution < -0.4 is 4.57 Å². The first-order valence-electron chi connectivity index (χ1n) is 9.51. The van der Waals surface area contributed by atoms with E-state index >= 15 is 0 Å². The van der Waals surface area contributed by atoms with Gasteiger partial charge < -0.3 is 4.42 Å². The van der Waals surface area contributed by atoms with Crippen LogP contribution in [0.2, 0.25) is 0 Å². The molecule has 4 rings (SSSR count). The molecule has 0 spiro atoms. The smallest absolute Gasteiger partial charge is 0.216 e. The van der Waals surface area contributed by atoms with Gasteiger partial charge in [0.05, 0.1) is 10.9 Å². The van der Waals surface area contributed by atoms with Gasteiger partial charge >= 0.3 is 0 Å². The Labute approximate surface area is 163 Å². The molecule has 0 unspecified atom stereocenters. The van der Waals surface area contributed by atoms with Crippen molar-refractivity contribution in [1.29, 1.82) is 0 Å². The van der Waals surface area contributed by atoms with Gasteiger partial charge in [0.15, 0.2) is 11.8 Å². The van der Waals surface area contributed by atoms with Crippen molar-refractivity contribution >= 4 is 21.9 Å². The Bertz CT molecular complexity index is 1250. The first-order chi connectivity index (χ1) is 13.2. The number of aromatic nitrogens is 1. The number of fused-ring (bicyclic) bond motifs is 3. The van der Waals surface area contributed by atoms with Crippen molar-refractivity contribution in [3.63, 3.8) is 0 Å². The molecular formula is C24H24F2NO+. The van der Waals surface area contributed by atoms with Crippen LogP contribution in [0.15, 0.2) is 34.9 Å². The molecule has 0 N–H and O–H groups in total. The van der Waals surface area contributed by atoms with Gasteiger partial charge in [-0.2, -0.15) is 0 Å². The van der Waals surface area contributed by atoms with Crippen LogP contribution in [0.3, 0.4) is 0 Å². The summed E-state index contributed by atoms with van der Waals surface area (Å²) in [5.41, 5.74) is 6.54. The third-order valence-electron chi connectivity index (χ3n) is 5.55. The molecule has 0 saturated carbocycles. The molecule has 144 valence electrons. The lowest BCUT2D eigenvalue weighted by atomic mass is 9.94. The van der Waals surface area contributed by atoms with Crippen molar-refractivity contribution in [1.82, 2.24) is 0 Å². The van der Waals surface area contributed by atoms with Crippen LogP contribution in [0.1, 0.15) is 42.0 Å². The number of rotatable bonds is 2. The molecule has 4 aromatic rings. The Kier molecular flexibility index (Phi) is 4.25. The summed E-state index contributed by atoms with van der Waals surface area (Å²) in [4.78, 5) is 0. The fraction of sp³-hybridized carbons (Fsp3) is 0.292. The standard InChI is InChI=1S/C24H24F2NO/c1-12(2)17-10-19(27(6)11-15(17)5)21-14(4)8-18(26)23-22-13(3)7-16(25)9-20(22)28-24(21)23/h7-12H,1-6H3/q+1. The van der Waals surface area contributed by atoms with E-state index in [1.54, 1.807) is 13.0 Å². The second kappa shape index (κ2) is 6.40. The molecule has 28 heavy (non-hydrogen) atoms. The fourth-order valence-corrected chi connectivity index (χ4v) is 4.29. The summed E-state index contributed by atoms with van der Waals surface area (Å²) in [6.07, 6.45) is 2.09. The van der Waals surface area contributed by atoms with Crippen LogP contribution in [0.25, 0.3) is 33.2 Å². The molecule has 0 saturated heterocycles. The van der Waals surface area contributed by atoms with Crippen LogP contribution >= 0.6 is 0 Å². The number of benzene rings is 2. The third-order valence-corrected chi connectivity index (χ3v) is 5.55. The maximum atomic E-state index is 15.0. The summed E-state index contributed by atoms with van der Waals surface area (Å²) in [6, 6.07) is 6.44. The first kappa shape index (κ1) is 18.6. The quantitative estimate of drug-likeness (QED) is 0.368. The van der Waals surface area contributed by atoms with Crippen molar-refractivity contribution < 1.29 is 17.8 Å². The Morgan fingerprint density at radius 3 is 2.29 bits per heavy atom. The van der Waals surface area contributed by atoms with E-state index in [4.69, 9.17) is 4.42 Å². The van der Waals surface area contributed by atoms with Gasteiger partial charge in [-0.05, 0) is 55.5 Å². The summed E-state index contributed by atoms with van der Waals surface area (Å²) in [5, 5.41) is 1.05. The van der Waals surface area contributed by atoms with Gasteiger partial charge in [-0.15, -0.1) is 0 Å². The Balaban J connectivity index is 2.17. The van der Waals surface area contributed by atoms with E-state index in [0.717, 1.165) is 16.8 Å². The highest BCUT2D eigenvalue weighted by atomic mass is 19.1. The van der Waals surface area contributed by atoms with Crippen molar-refractivity contribution in [2.45, 2.75) is 40.5 Å². The molecule has 0 atom stereocenters. The molecule has 2 aromatic heterocycles. The second-order valence-electron chi connectivity index (χ2n) is 8.01. The zero-order valence-electron chi connectivity index (χ0n) is 17.1. The van der Waals surface area contributed by atoms with Crippen LogP contribution in [0.4, 0.5) is 8.78 Å². The normalized spacial score (nSPS) is 11.9. The van der Waals surface area contributed by atoms with E-state index in [2.05, 4.69) is 33.0 Å². The lowest BCUT2D eigenvalue weighted by Gasteiger charge is -2.12. The molecule has 0 bridgehead atoms. The monoisotopic (exact) mass is 380 g/mol. The molecule has 0 amide bonds. The highest BCUT2D eigenvalue weighted by molar-refractivity contribution is 6.11. The fourth-order valence-electron chi connectivity index (χ4n) is 4.29. The van der Waals surface area contributed by atoms with Crippen molar-refractivity contribution in [2.75, 3.05) is 0 Å². The average Bonchev–Trinajstić information content (AvgIpc) is 2.95. The molecule has 0 aliphatic heterocycles. The lowest BCUT2D eigenvalue weighted by molar-refractivity contribution is -0.660. The zero-order chi connectivity index (χ0) is 20.3. The predicted octanol–water partition coefficient (Wildman–Crippen LogP) is 6.40. The van der Waals surface area contributed by atoms with E-state index in [0.29, 0.717) is 33.4 Å². The van der Waals surface area contributed by atoms with Gasteiger partial charge in [-0.25, -0.2) is 13.3 Å². The van der Waals surface area contributed by atoms with Gasteiger partial charge in [-0.1, -0.05) is 13.8 Å². The SMILES string of the molecule is Cc1c[n+](C)c(-c2c(C)cc(F)c3c2oc2cc(F)cc(C)c23)cc1C(C)C. The van der Waals surface area contributed by atoms with Crippen LogP contribution in [-0.4, -0.2) is 0 Å². The molecular weight excluding hydrogens is 356 g/mol. The minimum absolute atomic E-state index is 0.344. The summed E-state index contributed by atoms with van der Waals surface area (Å²) in [7, 11) is 1.98. The van der Waals surface area contributed by atoms with E-state index in [9.17, 15) is 8.78 Å². The molecule has 2 aromatic carbocycles. The van der Waals surface area contributed by atoms with E-state index in [-0.39, 0.29) is 11.6 Å². The summed E-state index contributed by atoms with van der Waals surface area (Å²) in [5.74, 6) is -0.363. The Hall–Kier alpha value is -2.75. The van der Waals surface area contributed by atoms with Crippen molar-refractivity contribution in [3.05, 3.63) is 64.4 Å². The number of halogens is 2.